The van der Waals surface area contributed by atoms with Crippen molar-refractivity contribution in [1.29, 1.82) is 0 Å². The molecule has 0 aliphatic carbocycles. The number of aryl methyl sites for hydroxylation is 1. The molecule has 2 aromatic heterocycles. The highest BCUT2D eigenvalue weighted by molar-refractivity contribution is 7.22. The van der Waals surface area contributed by atoms with Crippen molar-refractivity contribution in [2.45, 2.75) is 25.8 Å². The van der Waals surface area contributed by atoms with Crippen LogP contribution in [-0.2, 0) is 19.4 Å². The quantitative estimate of drug-likeness (QED) is 0.172. The highest BCUT2D eigenvalue weighted by Crippen LogP contribution is 2.33. The highest BCUT2D eigenvalue weighted by Gasteiger charge is 2.27. The molecule has 2 aliphatic rings. The van der Waals surface area contributed by atoms with Gasteiger partial charge in [-0.3, -0.25) is 10.1 Å². The summed E-state index contributed by atoms with van der Waals surface area (Å²) in [5.74, 6) is -0.417. The predicted molar refractivity (Wildman–Crippen MR) is 188 cm³/mol. The molecule has 2 N–H and O–H groups in total. The first kappa shape index (κ1) is 31.1. The summed E-state index contributed by atoms with van der Waals surface area (Å²) in [7, 11) is 2.15. The summed E-state index contributed by atoms with van der Waals surface area (Å²) >= 11 is 2.86. The number of aromatic nitrogens is 2. The third-order valence-electron chi connectivity index (χ3n) is 8.69. The second-order valence-electron chi connectivity index (χ2n) is 11.9. The zero-order valence-corrected chi connectivity index (χ0v) is 27.8. The number of ether oxygens (including phenoxy) is 1. The van der Waals surface area contributed by atoms with Gasteiger partial charge in [-0.25, -0.2) is 14.8 Å². The van der Waals surface area contributed by atoms with Crippen LogP contribution in [0.4, 0.5) is 16.0 Å². The van der Waals surface area contributed by atoms with Gasteiger partial charge in [0.2, 0.25) is 0 Å². The number of nitrogens with zero attached hydrogens (tertiary/aromatic N) is 5. The maximum absolute atomic E-state index is 13.4. The van der Waals surface area contributed by atoms with E-state index in [4.69, 9.17) is 4.74 Å². The molecule has 0 saturated carbocycles. The number of hydrogen-bond acceptors (Lipinski definition) is 10. The van der Waals surface area contributed by atoms with Crippen LogP contribution in [0.15, 0.2) is 66.7 Å². The van der Waals surface area contributed by atoms with Crippen molar-refractivity contribution in [3.8, 4) is 5.75 Å². The fourth-order valence-corrected chi connectivity index (χ4v) is 8.09. The predicted octanol–water partition coefficient (Wildman–Crippen LogP) is 6.03. The minimum absolute atomic E-state index is 0.0923. The zero-order valence-electron chi connectivity index (χ0n) is 26.1. The van der Waals surface area contributed by atoms with Crippen molar-refractivity contribution >= 4 is 60.7 Å². The Labute approximate surface area is 281 Å². The van der Waals surface area contributed by atoms with Gasteiger partial charge in [0.15, 0.2) is 16.0 Å². The molecule has 4 heterocycles. The van der Waals surface area contributed by atoms with Gasteiger partial charge in [0, 0.05) is 61.5 Å². The van der Waals surface area contributed by atoms with Crippen molar-refractivity contribution in [3.63, 3.8) is 0 Å². The van der Waals surface area contributed by atoms with E-state index in [1.54, 1.807) is 0 Å². The van der Waals surface area contributed by atoms with Crippen molar-refractivity contribution in [1.82, 2.24) is 14.9 Å². The molecule has 0 bridgehead atoms. The van der Waals surface area contributed by atoms with E-state index in [1.807, 2.05) is 48.5 Å². The summed E-state index contributed by atoms with van der Waals surface area (Å²) in [6.45, 7) is 5.70. The van der Waals surface area contributed by atoms with Crippen LogP contribution in [0.3, 0.4) is 0 Å². The van der Waals surface area contributed by atoms with Gasteiger partial charge < -0.3 is 24.5 Å². The zero-order chi connectivity index (χ0) is 32.3. The molecule has 10 nitrogen and oxygen atoms in total. The molecule has 1 saturated heterocycles. The van der Waals surface area contributed by atoms with Crippen molar-refractivity contribution in [3.05, 3.63) is 94.0 Å². The van der Waals surface area contributed by atoms with E-state index in [1.165, 1.54) is 22.7 Å². The van der Waals surface area contributed by atoms with Crippen LogP contribution in [0.25, 0.3) is 10.2 Å². The van der Waals surface area contributed by atoms with Crippen molar-refractivity contribution < 1.29 is 19.4 Å². The van der Waals surface area contributed by atoms with Gasteiger partial charge in [-0.2, -0.15) is 0 Å². The number of hydrogen-bond donors (Lipinski definition) is 2. The van der Waals surface area contributed by atoms with Gasteiger partial charge in [0.25, 0.3) is 5.91 Å². The van der Waals surface area contributed by atoms with E-state index in [-0.39, 0.29) is 11.6 Å². The lowest BCUT2D eigenvalue weighted by Crippen LogP contribution is -2.44. The van der Waals surface area contributed by atoms with E-state index >= 15 is 0 Å². The number of rotatable bonds is 10. The Kier molecular flexibility index (Phi) is 9.05. The van der Waals surface area contributed by atoms with Crippen LogP contribution in [0.5, 0.6) is 5.75 Å². The van der Waals surface area contributed by atoms with E-state index in [0.717, 1.165) is 70.3 Å². The molecule has 3 aromatic carbocycles. The molecule has 0 unspecified atom stereocenters. The average Bonchev–Trinajstić information content (AvgIpc) is 3.71. The molecule has 12 heteroatoms. The first-order chi connectivity index (χ1) is 22.9. The van der Waals surface area contributed by atoms with Gasteiger partial charge in [-0.1, -0.05) is 41.7 Å². The number of anilines is 3. The summed E-state index contributed by atoms with van der Waals surface area (Å²) in [5, 5.41) is 14.2. The monoisotopic (exact) mass is 668 g/mol. The van der Waals surface area contributed by atoms with E-state index < -0.39 is 5.97 Å². The molecule has 47 heavy (non-hydrogen) atoms. The number of carbonyl (C=O) groups excluding carboxylic acids is 1. The Morgan fingerprint density at radius 3 is 2.60 bits per heavy atom. The second-order valence-corrected chi connectivity index (χ2v) is 14.0. The van der Waals surface area contributed by atoms with Crippen LogP contribution < -0.4 is 19.9 Å². The molecule has 0 atom stereocenters. The van der Waals surface area contributed by atoms with Crippen LogP contribution in [0.2, 0.25) is 0 Å². The number of nitrogens with one attached hydrogen (secondary N) is 1. The number of carbonyl (C=O) groups is 2. The third-order valence-corrected chi connectivity index (χ3v) is 10.8. The Hall–Kier alpha value is -4.52. The molecular formula is C35H36N6O4S2. The van der Waals surface area contributed by atoms with Gasteiger partial charge in [0.1, 0.15) is 5.75 Å². The Balaban J connectivity index is 1.00. The maximum atomic E-state index is 13.4. The SMILES string of the molecule is CN1CCN(c2cccc(OCCCc3sc(N4CCc5cccc(C(=O)Nc6nc7ccccc7s6)c5C4)nc3C(=O)O)c2)CC1. The number of piperazine rings is 1. The maximum Gasteiger partial charge on any atom is 0.355 e. The Morgan fingerprint density at radius 1 is 0.936 bits per heavy atom. The second kappa shape index (κ2) is 13.7. The molecule has 2 aliphatic heterocycles. The minimum Gasteiger partial charge on any atom is -0.494 e. The topological polar surface area (TPSA) is 111 Å². The molecule has 7 rings (SSSR count). The number of carboxylic acids is 1. The average molecular weight is 669 g/mol. The first-order valence-electron chi connectivity index (χ1n) is 15.8. The molecule has 0 radical (unpaired) electrons. The summed E-state index contributed by atoms with van der Waals surface area (Å²) in [6, 6.07) is 21.8. The van der Waals surface area contributed by atoms with Gasteiger partial charge in [-0.15, -0.1) is 11.3 Å². The number of thiazole rings is 2. The number of likely N-dealkylation sites (N-methyl/N-ethyl adjacent to an activating group) is 1. The fraction of sp³-hybridized carbons (Fsp3) is 0.314. The highest BCUT2D eigenvalue weighted by atomic mass is 32.1. The van der Waals surface area contributed by atoms with E-state index in [9.17, 15) is 14.7 Å². The Bertz CT molecular complexity index is 1880. The Morgan fingerprint density at radius 2 is 1.77 bits per heavy atom. The summed E-state index contributed by atoms with van der Waals surface area (Å²) < 4.78 is 7.10. The number of carboxylic acid groups (broad SMARTS) is 1. The largest absolute Gasteiger partial charge is 0.494 e. The summed E-state index contributed by atoms with van der Waals surface area (Å²) in [4.78, 5) is 42.3. The lowest BCUT2D eigenvalue weighted by molar-refractivity contribution is 0.0690. The van der Waals surface area contributed by atoms with Gasteiger partial charge in [-0.05, 0) is 67.8 Å². The fourth-order valence-electron chi connectivity index (χ4n) is 6.12. The van der Waals surface area contributed by atoms with Crippen LogP contribution in [0.1, 0.15) is 43.3 Å². The standard InChI is InChI=1S/C35H36N6O4S2/c1-39-16-18-40(19-17-39)24-8-5-9-25(21-24)45-20-6-13-30-31(33(43)44)37-35(47-30)41-15-14-23-7-4-10-26(27(23)22-41)32(42)38-34-36-28-11-2-3-12-29(28)46-34/h2-5,7-12,21H,6,13-20,22H2,1H3,(H,43,44)(H,36,38,42). The minimum atomic E-state index is -1.03. The van der Waals surface area contributed by atoms with Gasteiger partial charge in [0.05, 0.1) is 16.8 Å². The van der Waals surface area contributed by atoms with E-state index in [2.05, 4.69) is 55.2 Å². The lowest BCUT2D eigenvalue weighted by atomic mass is 9.94. The summed E-state index contributed by atoms with van der Waals surface area (Å²) in [5.41, 5.74) is 4.74. The molecule has 242 valence electrons. The first-order valence-corrected chi connectivity index (χ1v) is 17.5. The number of fused-ring (bicyclic) bond motifs is 2. The molecule has 0 spiro atoms. The number of amides is 1. The van der Waals surface area contributed by atoms with E-state index in [0.29, 0.717) is 48.4 Å². The molecule has 1 amide bonds. The van der Waals surface area contributed by atoms with Crippen LogP contribution in [0, 0.1) is 0 Å². The van der Waals surface area contributed by atoms with Crippen LogP contribution in [-0.4, -0.2) is 78.2 Å². The number of benzene rings is 3. The van der Waals surface area contributed by atoms with Gasteiger partial charge >= 0.3 is 5.97 Å². The van der Waals surface area contributed by atoms with Crippen LogP contribution >= 0.6 is 22.7 Å². The molecular weight excluding hydrogens is 633 g/mol. The molecule has 1 fully saturated rings. The lowest BCUT2D eigenvalue weighted by Gasteiger charge is -2.34. The molecule has 5 aromatic rings. The smallest absolute Gasteiger partial charge is 0.355 e. The number of para-hydroxylation sites is 1. The summed E-state index contributed by atoms with van der Waals surface area (Å²) in [6.07, 6.45) is 1.95. The number of aromatic carboxylic acids is 1. The van der Waals surface area contributed by atoms with Crippen molar-refractivity contribution in [2.75, 3.05) is 61.5 Å². The normalized spacial score (nSPS) is 15.1. The van der Waals surface area contributed by atoms with Crippen molar-refractivity contribution in [2.24, 2.45) is 0 Å². The third kappa shape index (κ3) is 6.95.